The van der Waals surface area contributed by atoms with Gasteiger partial charge >= 0.3 is 0 Å². The van der Waals surface area contributed by atoms with E-state index in [9.17, 15) is 0 Å². The van der Waals surface area contributed by atoms with Gasteiger partial charge in [0.1, 0.15) is 0 Å². The van der Waals surface area contributed by atoms with E-state index in [1.54, 1.807) is 0 Å². The highest BCUT2D eigenvalue weighted by Crippen LogP contribution is 2.31. The quantitative estimate of drug-likeness (QED) is 0.801. The molecule has 0 amide bonds. The fourth-order valence-corrected chi connectivity index (χ4v) is 3.16. The van der Waals surface area contributed by atoms with Crippen molar-refractivity contribution in [2.45, 2.75) is 32.4 Å². The first-order valence-electron chi connectivity index (χ1n) is 7.43. The molecule has 1 aliphatic rings. The fourth-order valence-electron chi connectivity index (χ4n) is 3.16. The molecule has 2 aromatic heterocycles. The Kier molecular flexibility index (Phi) is 2.97. The molecule has 1 aliphatic carbocycles. The number of hydrogen-bond donors (Lipinski definition) is 1. The molecular formula is C17H18N4. The van der Waals surface area contributed by atoms with Crippen molar-refractivity contribution in [2.75, 3.05) is 0 Å². The van der Waals surface area contributed by atoms with Crippen LogP contribution < -0.4 is 5.32 Å². The predicted molar refractivity (Wildman–Crippen MR) is 82.1 cm³/mol. The van der Waals surface area contributed by atoms with E-state index in [0.717, 1.165) is 30.9 Å². The van der Waals surface area contributed by atoms with Crippen LogP contribution in [0.2, 0.25) is 0 Å². The highest BCUT2D eigenvalue weighted by atomic mass is 15.3. The summed E-state index contributed by atoms with van der Waals surface area (Å²) in [6.45, 7) is 2.89. The average Bonchev–Trinajstić information content (AvgIpc) is 3.09. The van der Waals surface area contributed by atoms with E-state index in [1.165, 1.54) is 16.7 Å². The molecule has 0 saturated carbocycles. The molecule has 0 radical (unpaired) electrons. The summed E-state index contributed by atoms with van der Waals surface area (Å²) in [7, 11) is 0. The van der Waals surface area contributed by atoms with Gasteiger partial charge in [-0.3, -0.25) is 4.40 Å². The molecule has 3 aromatic rings. The zero-order valence-corrected chi connectivity index (χ0v) is 12.1. The third kappa shape index (κ3) is 2.21. The third-order valence-corrected chi connectivity index (χ3v) is 4.27. The number of benzene rings is 1. The molecule has 0 aliphatic heterocycles. The van der Waals surface area contributed by atoms with Crippen LogP contribution in [0.1, 0.15) is 35.0 Å². The topological polar surface area (TPSA) is 42.2 Å². The molecule has 21 heavy (non-hydrogen) atoms. The summed E-state index contributed by atoms with van der Waals surface area (Å²) in [6, 6.07) is 13.2. The summed E-state index contributed by atoms with van der Waals surface area (Å²) in [5, 5.41) is 12.1. The minimum atomic E-state index is 0.427. The maximum atomic E-state index is 4.28. The largest absolute Gasteiger partial charge is 0.303 e. The van der Waals surface area contributed by atoms with Gasteiger partial charge < -0.3 is 5.32 Å². The van der Waals surface area contributed by atoms with Crippen molar-refractivity contribution in [2.24, 2.45) is 0 Å². The summed E-state index contributed by atoms with van der Waals surface area (Å²) >= 11 is 0. The van der Waals surface area contributed by atoms with Crippen LogP contribution in [0.15, 0.2) is 42.6 Å². The van der Waals surface area contributed by atoms with Crippen LogP contribution >= 0.6 is 0 Å². The Bertz CT molecular complexity index is 790. The number of aryl methyl sites for hydroxylation is 2. The number of hydrogen-bond acceptors (Lipinski definition) is 3. The van der Waals surface area contributed by atoms with Gasteiger partial charge in [0.2, 0.25) is 0 Å². The van der Waals surface area contributed by atoms with Crippen LogP contribution in [0, 0.1) is 6.92 Å². The van der Waals surface area contributed by atoms with Gasteiger partial charge in [-0.05, 0) is 43.0 Å². The highest BCUT2D eigenvalue weighted by Gasteiger charge is 2.22. The summed E-state index contributed by atoms with van der Waals surface area (Å²) in [5.41, 5.74) is 5.15. The Hall–Kier alpha value is -2.20. The fraction of sp³-hybridized carbons (Fsp3) is 0.294. The molecule has 0 spiro atoms. The van der Waals surface area contributed by atoms with Gasteiger partial charge in [-0.1, -0.05) is 29.8 Å². The van der Waals surface area contributed by atoms with Crippen LogP contribution in [0.3, 0.4) is 0 Å². The molecule has 1 N–H and O–H groups in total. The second-order valence-electron chi connectivity index (χ2n) is 5.72. The molecule has 2 heterocycles. The third-order valence-electron chi connectivity index (χ3n) is 4.27. The van der Waals surface area contributed by atoms with Crippen LogP contribution in [0.5, 0.6) is 0 Å². The molecular weight excluding hydrogens is 260 g/mol. The smallest absolute Gasteiger partial charge is 0.160 e. The minimum Gasteiger partial charge on any atom is -0.303 e. The van der Waals surface area contributed by atoms with Gasteiger partial charge in [-0.15, -0.1) is 10.2 Å². The Morgan fingerprint density at radius 2 is 2.19 bits per heavy atom. The van der Waals surface area contributed by atoms with Crippen LogP contribution in [0.25, 0.3) is 5.65 Å². The van der Waals surface area contributed by atoms with Gasteiger partial charge in [0.05, 0.1) is 6.54 Å². The Labute approximate surface area is 123 Å². The normalized spacial score (nSPS) is 17.3. The van der Waals surface area contributed by atoms with E-state index in [-0.39, 0.29) is 0 Å². The molecule has 4 nitrogen and oxygen atoms in total. The monoisotopic (exact) mass is 278 g/mol. The van der Waals surface area contributed by atoms with Gasteiger partial charge in [-0.25, -0.2) is 0 Å². The highest BCUT2D eigenvalue weighted by molar-refractivity contribution is 5.38. The van der Waals surface area contributed by atoms with E-state index in [1.807, 2.05) is 28.8 Å². The van der Waals surface area contributed by atoms with E-state index in [0.29, 0.717) is 6.04 Å². The first kappa shape index (κ1) is 12.5. The summed E-state index contributed by atoms with van der Waals surface area (Å²) in [5.74, 6) is 0.965. The molecule has 0 bridgehead atoms. The molecule has 1 unspecified atom stereocenters. The first-order valence-corrected chi connectivity index (χ1v) is 7.43. The molecule has 0 saturated heterocycles. The lowest BCUT2D eigenvalue weighted by atomic mass is 10.1. The standard InChI is InChI=1S/C17H18N4/c1-12-5-6-13-7-8-15(14(13)10-12)18-11-17-20-19-16-4-2-3-9-21(16)17/h2-6,9-10,15,18H,7-8,11H2,1H3. The molecule has 4 heteroatoms. The SMILES string of the molecule is Cc1ccc2c(c1)C(NCc1nnc3ccccn13)CC2. The van der Waals surface area contributed by atoms with Gasteiger partial charge in [-0.2, -0.15) is 0 Å². The lowest BCUT2D eigenvalue weighted by molar-refractivity contribution is 0.517. The van der Waals surface area contributed by atoms with Crippen molar-refractivity contribution >= 4 is 5.65 Å². The number of pyridine rings is 1. The molecule has 1 atom stereocenters. The van der Waals surface area contributed by atoms with E-state index < -0.39 is 0 Å². The first-order chi connectivity index (χ1) is 10.3. The Balaban J connectivity index is 1.55. The van der Waals surface area contributed by atoms with Crippen molar-refractivity contribution < 1.29 is 0 Å². The van der Waals surface area contributed by atoms with Crippen molar-refractivity contribution in [3.63, 3.8) is 0 Å². The van der Waals surface area contributed by atoms with Crippen molar-refractivity contribution in [3.05, 3.63) is 65.1 Å². The van der Waals surface area contributed by atoms with Gasteiger partial charge in [0.25, 0.3) is 0 Å². The van der Waals surface area contributed by atoms with E-state index in [4.69, 9.17) is 0 Å². The second kappa shape index (κ2) is 4.97. The number of fused-ring (bicyclic) bond motifs is 2. The van der Waals surface area contributed by atoms with Gasteiger partial charge in [0.15, 0.2) is 11.5 Å². The number of nitrogens with one attached hydrogen (secondary N) is 1. The summed E-state index contributed by atoms with van der Waals surface area (Å²) < 4.78 is 2.04. The maximum Gasteiger partial charge on any atom is 0.160 e. The maximum absolute atomic E-state index is 4.28. The number of rotatable bonds is 3. The zero-order valence-electron chi connectivity index (χ0n) is 12.1. The lowest BCUT2D eigenvalue weighted by Gasteiger charge is -2.13. The second-order valence-corrected chi connectivity index (χ2v) is 5.72. The van der Waals surface area contributed by atoms with Crippen molar-refractivity contribution in [1.29, 1.82) is 0 Å². The van der Waals surface area contributed by atoms with Crippen LogP contribution in [-0.2, 0) is 13.0 Å². The van der Waals surface area contributed by atoms with Crippen LogP contribution in [0.4, 0.5) is 0 Å². The number of aromatic nitrogens is 3. The van der Waals surface area contributed by atoms with E-state index in [2.05, 4.69) is 40.6 Å². The van der Waals surface area contributed by atoms with E-state index >= 15 is 0 Å². The van der Waals surface area contributed by atoms with Crippen LogP contribution in [-0.4, -0.2) is 14.6 Å². The van der Waals surface area contributed by atoms with Crippen molar-refractivity contribution in [1.82, 2.24) is 19.9 Å². The zero-order chi connectivity index (χ0) is 14.2. The van der Waals surface area contributed by atoms with Crippen molar-refractivity contribution in [3.8, 4) is 0 Å². The predicted octanol–water partition coefficient (Wildman–Crippen LogP) is 2.81. The number of nitrogens with zero attached hydrogens (tertiary/aromatic N) is 3. The lowest BCUT2D eigenvalue weighted by Crippen LogP contribution is -2.20. The summed E-state index contributed by atoms with van der Waals surface area (Å²) in [4.78, 5) is 0. The van der Waals surface area contributed by atoms with Gasteiger partial charge in [0, 0.05) is 12.2 Å². The molecule has 1 aromatic carbocycles. The average molecular weight is 278 g/mol. The summed E-state index contributed by atoms with van der Waals surface area (Å²) in [6.07, 6.45) is 4.34. The Morgan fingerprint density at radius 3 is 3.14 bits per heavy atom. The minimum absolute atomic E-state index is 0.427. The Morgan fingerprint density at radius 1 is 1.24 bits per heavy atom. The molecule has 106 valence electrons. The molecule has 0 fully saturated rings. The molecule has 4 rings (SSSR count).